The van der Waals surface area contributed by atoms with E-state index in [1.54, 1.807) is 11.6 Å². The molecule has 0 aliphatic heterocycles. The van der Waals surface area contributed by atoms with Crippen molar-refractivity contribution in [2.24, 2.45) is 0 Å². The first-order valence-corrected chi connectivity index (χ1v) is 7.53. The Hall–Kier alpha value is -0.800. The van der Waals surface area contributed by atoms with Gasteiger partial charge >= 0.3 is 0 Å². The van der Waals surface area contributed by atoms with E-state index in [4.69, 9.17) is 12.2 Å². The number of hydrogen-bond acceptors (Lipinski definition) is 3. The lowest BCUT2D eigenvalue weighted by molar-refractivity contribution is 0.621. The highest BCUT2D eigenvalue weighted by Gasteiger charge is 2.09. The molecule has 3 nitrogen and oxygen atoms in total. The van der Waals surface area contributed by atoms with E-state index in [2.05, 4.69) is 9.97 Å². The van der Waals surface area contributed by atoms with Crippen molar-refractivity contribution >= 4 is 57.2 Å². The molecule has 0 bridgehead atoms. The molecule has 18 heavy (non-hydrogen) atoms. The molecule has 1 aromatic carbocycles. The number of rotatable bonds is 2. The minimum Gasteiger partial charge on any atom is -0.331 e. The van der Waals surface area contributed by atoms with Crippen LogP contribution in [0.3, 0.4) is 0 Å². The Balaban J connectivity index is 2.19. The Bertz CT molecular complexity index is 761. The highest BCUT2D eigenvalue weighted by molar-refractivity contribution is 14.1. The molecule has 0 aliphatic rings. The van der Waals surface area contributed by atoms with Crippen LogP contribution in [0, 0.1) is 14.2 Å². The van der Waals surface area contributed by atoms with Crippen molar-refractivity contribution < 1.29 is 4.39 Å². The van der Waals surface area contributed by atoms with E-state index in [0.717, 1.165) is 16.7 Å². The van der Waals surface area contributed by atoms with Crippen molar-refractivity contribution in [1.29, 1.82) is 0 Å². The standard InChI is InChI=1S/C11H7FIN3S2/c12-7-1-10-9(2-8(7)13)15-11(17)16(10)3-6-4-18-5-14-6/h1-2,4-5H,3H2,(H,15,17). The second kappa shape index (κ2) is 4.71. The molecule has 0 fully saturated rings. The predicted molar refractivity (Wildman–Crippen MR) is 81.0 cm³/mol. The van der Waals surface area contributed by atoms with Crippen LogP contribution in [0.5, 0.6) is 0 Å². The van der Waals surface area contributed by atoms with Gasteiger partial charge in [0.05, 0.1) is 32.4 Å². The first kappa shape index (κ1) is 12.2. The molecule has 0 saturated heterocycles. The zero-order valence-electron chi connectivity index (χ0n) is 8.98. The molecule has 0 spiro atoms. The highest BCUT2D eigenvalue weighted by Crippen LogP contribution is 2.21. The number of thiazole rings is 1. The molecule has 92 valence electrons. The van der Waals surface area contributed by atoms with E-state index in [1.807, 2.05) is 32.5 Å². The highest BCUT2D eigenvalue weighted by atomic mass is 127. The lowest BCUT2D eigenvalue weighted by Gasteiger charge is -2.02. The topological polar surface area (TPSA) is 33.6 Å². The molecular formula is C11H7FIN3S2. The van der Waals surface area contributed by atoms with Crippen LogP contribution in [-0.4, -0.2) is 14.5 Å². The molecule has 3 aromatic rings. The van der Waals surface area contributed by atoms with Gasteiger partial charge in [-0.1, -0.05) is 0 Å². The van der Waals surface area contributed by atoms with Gasteiger partial charge in [-0.25, -0.2) is 9.37 Å². The van der Waals surface area contributed by atoms with E-state index >= 15 is 0 Å². The number of fused-ring (bicyclic) bond motifs is 1. The van der Waals surface area contributed by atoms with Gasteiger partial charge in [0.2, 0.25) is 0 Å². The molecule has 1 N–H and O–H groups in total. The zero-order valence-corrected chi connectivity index (χ0v) is 12.8. The van der Waals surface area contributed by atoms with Gasteiger partial charge in [-0.2, -0.15) is 0 Å². The van der Waals surface area contributed by atoms with Crippen LogP contribution in [0.25, 0.3) is 11.0 Å². The minimum atomic E-state index is -0.232. The minimum absolute atomic E-state index is 0.232. The zero-order chi connectivity index (χ0) is 12.7. The molecule has 0 amide bonds. The summed E-state index contributed by atoms with van der Waals surface area (Å²) in [4.78, 5) is 7.31. The first-order valence-electron chi connectivity index (χ1n) is 5.10. The summed E-state index contributed by atoms with van der Waals surface area (Å²) in [5, 5.41) is 1.96. The Morgan fingerprint density at radius 2 is 2.33 bits per heavy atom. The molecule has 0 radical (unpaired) electrons. The van der Waals surface area contributed by atoms with Crippen molar-refractivity contribution in [2.45, 2.75) is 6.54 Å². The maximum Gasteiger partial charge on any atom is 0.178 e. The van der Waals surface area contributed by atoms with Gasteiger partial charge in [0.1, 0.15) is 5.82 Å². The summed E-state index contributed by atoms with van der Waals surface area (Å²) in [6.45, 7) is 0.558. The number of halogens is 2. The number of nitrogens with one attached hydrogen (secondary N) is 1. The Labute approximate surface area is 125 Å². The van der Waals surface area contributed by atoms with Gasteiger partial charge < -0.3 is 9.55 Å². The van der Waals surface area contributed by atoms with Gasteiger partial charge in [0.25, 0.3) is 0 Å². The lowest BCUT2D eigenvalue weighted by atomic mass is 10.3. The van der Waals surface area contributed by atoms with Crippen molar-refractivity contribution in [3.8, 4) is 0 Å². The van der Waals surface area contributed by atoms with Gasteiger partial charge in [-0.3, -0.25) is 0 Å². The van der Waals surface area contributed by atoms with Crippen molar-refractivity contribution in [3.63, 3.8) is 0 Å². The van der Waals surface area contributed by atoms with Crippen LogP contribution in [0.4, 0.5) is 4.39 Å². The fourth-order valence-corrected chi connectivity index (χ4v) is 3.08. The molecular weight excluding hydrogens is 384 g/mol. The number of hydrogen-bond donors (Lipinski definition) is 1. The second-order valence-corrected chi connectivity index (χ2v) is 6.05. The predicted octanol–water partition coefficient (Wildman–Crippen LogP) is 3.95. The summed E-state index contributed by atoms with van der Waals surface area (Å²) < 4.78 is 16.7. The lowest BCUT2D eigenvalue weighted by Crippen LogP contribution is -2.00. The third-order valence-electron chi connectivity index (χ3n) is 2.62. The molecule has 7 heteroatoms. The van der Waals surface area contributed by atoms with Gasteiger partial charge in [-0.05, 0) is 40.9 Å². The summed E-state index contributed by atoms with van der Waals surface area (Å²) >= 11 is 8.77. The van der Waals surface area contributed by atoms with Crippen LogP contribution in [0.15, 0.2) is 23.0 Å². The molecule has 2 heterocycles. The van der Waals surface area contributed by atoms with Gasteiger partial charge in [0.15, 0.2) is 4.77 Å². The van der Waals surface area contributed by atoms with E-state index in [-0.39, 0.29) is 5.82 Å². The number of nitrogens with zero attached hydrogens (tertiary/aromatic N) is 2. The Morgan fingerprint density at radius 3 is 3.06 bits per heavy atom. The number of benzene rings is 1. The van der Waals surface area contributed by atoms with Crippen molar-refractivity contribution in [3.05, 3.63) is 42.9 Å². The average Bonchev–Trinajstić information content (AvgIpc) is 2.92. The molecule has 2 aromatic heterocycles. The maximum atomic E-state index is 13.6. The number of aromatic nitrogens is 3. The van der Waals surface area contributed by atoms with Gasteiger partial charge in [-0.15, -0.1) is 11.3 Å². The van der Waals surface area contributed by atoms with Crippen LogP contribution in [-0.2, 0) is 6.54 Å². The van der Waals surface area contributed by atoms with Crippen LogP contribution in [0.1, 0.15) is 5.69 Å². The number of imidazole rings is 1. The smallest absolute Gasteiger partial charge is 0.178 e. The fraction of sp³-hybridized carbons (Fsp3) is 0.0909. The second-order valence-electron chi connectivity index (χ2n) is 3.78. The fourth-order valence-electron chi connectivity index (χ4n) is 1.79. The van der Waals surface area contributed by atoms with Crippen LogP contribution in [0.2, 0.25) is 0 Å². The third kappa shape index (κ3) is 2.10. The molecule has 0 saturated carbocycles. The largest absolute Gasteiger partial charge is 0.331 e. The van der Waals surface area contributed by atoms with Gasteiger partial charge in [0, 0.05) is 11.4 Å². The van der Waals surface area contributed by atoms with Crippen LogP contribution < -0.4 is 0 Å². The molecule has 3 rings (SSSR count). The normalized spacial score (nSPS) is 11.2. The van der Waals surface area contributed by atoms with Crippen molar-refractivity contribution in [1.82, 2.24) is 14.5 Å². The maximum absolute atomic E-state index is 13.6. The summed E-state index contributed by atoms with van der Waals surface area (Å²) in [5.41, 5.74) is 4.32. The number of aromatic amines is 1. The monoisotopic (exact) mass is 391 g/mol. The SMILES string of the molecule is Fc1cc2c(cc1I)[nH]c(=S)n2Cc1cscn1. The Kier molecular flexibility index (Phi) is 3.20. The summed E-state index contributed by atoms with van der Waals surface area (Å²) in [6.07, 6.45) is 0. The summed E-state index contributed by atoms with van der Waals surface area (Å²) in [6, 6.07) is 3.27. The van der Waals surface area contributed by atoms with E-state index < -0.39 is 0 Å². The molecule has 0 unspecified atom stereocenters. The Morgan fingerprint density at radius 1 is 1.50 bits per heavy atom. The van der Waals surface area contributed by atoms with Crippen molar-refractivity contribution in [2.75, 3.05) is 0 Å². The first-order chi connectivity index (χ1) is 8.65. The quantitative estimate of drug-likeness (QED) is 0.530. The van der Waals surface area contributed by atoms with Crippen LogP contribution >= 0.6 is 46.1 Å². The van der Waals surface area contributed by atoms with E-state index in [0.29, 0.717) is 14.9 Å². The molecule has 0 aliphatic carbocycles. The van der Waals surface area contributed by atoms with E-state index in [9.17, 15) is 4.39 Å². The average molecular weight is 391 g/mol. The number of H-pyrrole nitrogens is 1. The van der Waals surface area contributed by atoms with E-state index in [1.165, 1.54) is 17.4 Å². The third-order valence-corrected chi connectivity index (χ3v) is 4.40. The summed E-state index contributed by atoms with van der Waals surface area (Å²) in [5.74, 6) is -0.232. The molecule has 0 atom stereocenters. The summed E-state index contributed by atoms with van der Waals surface area (Å²) in [7, 11) is 0.